The van der Waals surface area contributed by atoms with Gasteiger partial charge in [-0.15, -0.1) is 0 Å². The van der Waals surface area contributed by atoms with E-state index < -0.39 is 0 Å². The molecule has 5 rings (SSSR count). The van der Waals surface area contributed by atoms with Gasteiger partial charge in [0.15, 0.2) is 0 Å². The van der Waals surface area contributed by atoms with Crippen molar-refractivity contribution in [1.29, 1.82) is 0 Å². The number of benzene rings is 2. The molecular weight excluding hydrogens is 391 g/mol. The first-order valence-corrected chi connectivity index (χ1v) is 12.0. The predicted molar refractivity (Wildman–Crippen MR) is 135 cm³/mol. The summed E-state index contributed by atoms with van der Waals surface area (Å²) in [5, 5.41) is 1.85. The third-order valence-electron chi connectivity index (χ3n) is 7.17. The Morgan fingerprint density at radius 2 is 1.78 bits per heavy atom. The fraction of sp³-hybridized carbons (Fsp3) is 0.357. The van der Waals surface area contributed by atoms with Crippen LogP contribution in [-0.2, 0) is 0 Å². The van der Waals surface area contributed by atoms with Crippen LogP contribution in [0.2, 0.25) is 0 Å². The first-order chi connectivity index (χ1) is 15.6. The summed E-state index contributed by atoms with van der Waals surface area (Å²) < 4.78 is 1.79. The van der Waals surface area contributed by atoms with Crippen LogP contribution in [0.15, 0.2) is 53.5 Å². The highest BCUT2D eigenvalue weighted by Gasteiger charge is 2.17. The van der Waals surface area contributed by atoms with E-state index in [1.54, 1.807) is 4.57 Å². The monoisotopic (exact) mass is 420 g/mol. The zero-order valence-corrected chi connectivity index (χ0v) is 19.0. The highest BCUT2D eigenvalue weighted by molar-refractivity contribution is 6.34. The first kappa shape index (κ1) is 20.8. The SMILES string of the molecule is Bc1ccccc1-n1c(=O)c#cc2cnc3ccc(C4CCCCC(C)CCC4)cc3c21. The number of aromatic nitrogens is 2. The highest BCUT2D eigenvalue weighted by Crippen LogP contribution is 2.34. The number of pyridine rings is 1. The summed E-state index contributed by atoms with van der Waals surface area (Å²) in [7, 11) is 2.04. The van der Waals surface area contributed by atoms with Gasteiger partial charge in [-0.25, -0.2) is 0 Å². The van der Waals surface area contributed by atoms with Gasteiger partial charge >= 0.3 is 5.56 Å². The normalized spacial score (nSPS) is 19.8. The Morgan fingerprint density at radius 1 is 1.00 bits per heavy atom. The molecule has 4 heteroatoms. The van der Waals surface area contributed by atoms with Gasteiger partial charge in [0.1, 0.15) is 7.85 Å². The average Bonchev–Trinajstić information content (AvgIpc) is 2.91. The van der Waals surface area contributed by atoms with Gasteiger partial charge in [-0.1, -0.05) is 74.8 Å². The van der Waals surface area contributed by atoms with Crippen molar-refractivity contribution in [3.05, 3.63) is 76.7 Å². The smallest absolute Gasteiger partial charge is 0.269 e. The molecule has 0 bridgehead atoms. The van der Waals surface area contributed by atoms with Gasteiger partial charge in [0, 0.05) is 23.3 Å². The Hall–Kier alpha value is -3.06. The van der Waals surface area contributed by atoms with E-state index in [9.17, 15) is 4.79 Å². The second-order valence-corrected chi connectivity index (χ2v) is 9.49. The largest absolute Gasteiger partial charge is 0.307 e. The number of hydrogen-bond acceptors (Lipinski definition) is 2. The minimum atomic E-state index is -0.180. The van der Waals surface area contributed by atoms with Crippen molar-refractivity contribution in [3.8, 4) is 5.69 Å². The van der Waals surface area contributed by atoms with E-state index in [0.717, 1.165) is 38.9 Å². The molecule has 1 fully saturated rings. The summed E-state index contributed by atoms with van der Waals surface area (Å²) in [6.45, 7) is 2.40. The second-order valence-electron chi connectivity index (χ2n) is 9.49. The van der Waals surface area contributed by atoms with Gasteiger partial charge in [0.2, 0.25) is 0 Å². The molecule has 2 aromatic heterocycles. The van der Waals surface area contributed by atoms with E-state index in [0.29, 0.717) is 5.92 Å². The maximum atomic E-state index is 13.0. The summed E-state index contributed by atoms with van der Waals surface area (Å²) in [5.74, 6) is 1.41. The number of fused-ring (bicyclic) bond motifs is 3. The molecule has 2 unspecified atom stereocenters. The fourth-order valence-electron chi connectivity index (χ4n) is 5.32. The Morgan fingerprint density at radius 3 is 2.66 bits per heavy atom. The molecule has 0 N–H and O–H groups in total. The van der Waals surface area contributed by atoms with Crippen LogP contribution in [0.5, 0.6) is 0 Å². The van der Waals surface area contributed by atoms with Crippen molar-refractivity contribution in [2.45, 2.75) is 57.8 Å². The van der Waals surface area contributed by atoms with Gasteiger partial charge in [-0.2, -0.15) is 0 Å². The Labute approximate surface area is 190 Å². The van der Waals surface area contributed by atoms with E-state index >= 15 is 0 Å². The molecule has 1 aliphatic rings. The van der Waals surface area contributed by atoms with Gasteiger partial charge in [-0.05, 0) is 48.4 Å². The van der Waals surface area contributed by atoms with Crippen molar-refractivity contribution in [2.75, 3.05) is 0 Å². The van der Waals surface area contributed by atoms with Crippen LogP contribution in [0, 0.1) is 18.1 Å². The van der Waals surface area contributed by atoms with Crippen molar-refractivity contribution in [2.24, 2.45) is 5.92 Å². The molecule has 0 aliphatic heterocycles. The first-order valence-electron chi connectivity index (χ1n) is 12.0. The second kappa shape index (κ2) is 8.83. The molecule has 3 nitrogen and oxygen atoms in total. The summed E-state index contributed by atoms with van der Waals surface area (Å²) in [6.07, 6.45) is 10.9. The van der Waals surface area contributed by atoms with Crippen LogP contribution in [0.4, 0.5) is 0 Å². The molecule has 32 heavy (non-hydrogen) atoms. The summed E-state index contributed by atoms with van der Waals surface area (Å²) >= 11 is 0. The molecule has 160 valence electrons. The van der Waals surface area contributed by atoms with E-state index in [2.05, 4.69) is 42.2 Å². The number of rotatable bonds is 2. The molecule has 4 aromatic rings. The van der Waals surface area contributed by atoms with E-state index in [4.69, 9.17) is 0 Å². The third-order valence-corrected chi connectivity index (χ3v) is 7.17. The standard InChI is InChI=1S/C28H29BN2O/c1-19-7-2-3-9-20(10-6-8-19)21-13-15-25-23(17-21)28-22(18-30-25)14-16-27(32)31(28)26-12-5-4-11-24(26)29/h4-5,11-13,15,17-20H,2-3,6-10,29H2,1H3. The Bertz CT molecular complexity index is 1330. The van der Waals surface area contributed by atoms with Crippen LogP contribution < -0.4 is 11.0 Å². The van der Waals surface area contributed by atoms with Crippen LogP contribution >= 0.6 is 0 Å². The minimum absolute atomic E-state index is 0.180. The lowest BCUT2D eigenvalue weighted by Crippen LogP contribution is -2.23. The Balaban J connectivity index is 1.70. The molecule has 1 aliphatic carbocycles. The number of para-hydroxylation sites is 1. The third kappa shape index (κ3) is 3.93. The lowest BCUT2D eigenvalue weighted by Gasteiger charge is -2.18. The Kier molecular flexibility index (Phi) is 5.74. The van der Waals surface area contributed by atoms with E-state index in [-0.39, 0.29) is 5.56 Å². The molecule has 2 aromatic carbocycles. The number of hydrogen-bond donors (Lipinski definition) is 0. The van der Waals surface area contributed by atoms with Crippen molar-refractivity contribution in [3.63, 3.8) is 0 Å². The zero-order chi connectivity index (χ0) is 22.1. The van der Waals surface area contributed by atoms with Gasteiger partial charge in [0.25, 0.3) is 0 Å². The average molecular weight is 420 g/mol. The van der Waals surface area contributed by atoms with Crippen molar-refractivity contribution < 1.29 is 0 Å². The minimum Gasteiger partial charge on any atom is -0.269 e. The molecule has 0 saturated heterocycles. The maximum absolute atomic E-state index is 13.0. The summed E-state index contributed by atoms with van der Waals surface area (Å²) in [5.41, 5.74) is 4.94. The molecule has 2 heterocycles. The molecule has 0 radical (unpaired) electrons. The molecule has 0 spiro atoms. The van der Waals surface area contributed by atoms with Crippen molar-refractivity contribution in [1.82, 2.24) is 9.55 Å². The predicted octanol–water partition coefficient (Wildman–Crippen LogP) is 4.86. The molecule has 1 saturated carbocycles. The topological polar surface area (TPSA) is 34.9 Å². The van der Waals surface area contributed by atoms with Crippen LogP contribution in [0.25, 0.3) is 27.5 Å². The number of nitrogens with zero attached hydrogens (tertiary/aromatic N) is 2. The molecule has 0 amide bonds. The van der Waals surface area contributed by atoms with Crippen LogP contribution in [-0.4, -0.2) is 17.4 Å². The summed E-state index contributed by atoms with van der Waals surface area (Å²) in [6, 6.07) is 20.5. The molecular formula is C28H29BN2O. The summed E-state index contributed by atoms with van der Waals surface area (Å²) in [4.78, 5) is 17.7. The van der Waals surface area contributed by atoms with Crippen molar-refractivity contribution >= 4 is 35.1 Å². The molecule has 2 atom stereocenters. The maximum Gasteiger partial charge on any atom is 0.307 e. The van der Waals surface area contributed by atoms with Gasteiger partial charge in [-0.3, -0.25) is 14.3 Å². The highest BCUT2D eigenvalue weighted by atomic mass is 16.1. The quantitative estimate of drug-likeness (QED) is 0.434. The fourth-order valence-corrected chi connectivity index (χ4v) is 5.32. The van der Waals surface area contributed by atoms with E-state index in [1.165, 1.54) is 50.5 Å². The van der Waals surface area contributed by atoms with Crippen LogP contribution in [0.1, 0.15) is 63.4 Å². The lowest BCUT2D eigenvalue weighted by atomic mass is 9.88. The van der Waals surface area contributed by atoms with Gasteiger partial charge < -0.3 is 0 Å². The van der Waals surface area contributed by atoms with Crippen LogP contribution in [0.3, 0.4) is 0 Å². The van der Waals surface area contributed by atoms with Gasteiger partial charge in [0.05, 0.1) is 16.4 Å². The zero-order valence-electron chi connectivity index (χ0n) is 19.0. The lowest BCUT2D eigenvalue weighted by molar-refractivity contribution is 0.462. The van der Waals surface area contributed by atoms with E-state index in [1.807, 2.05) is 38.3 Å².